The van der Waals surface area contributed by atoms with Gasteiger partial charge >= 0.3 is 11.7 Å². The number of imidazole rings is 1. The van der Waals surface area contributed by atoms with Crippen LogP contribution in [-0.4, -0.2) is 29.2 Å². The Hall–Kier alpha value is -3.02. The molecule has 0 unspecified atom stereocenters. The lowest BCUT2D eigenvalue weighted by Gasteiger charge is -2.09. The van der Waals surface area contributed by atoms with Gasteiger partial charge in [0.1, 0.15) is 0 Å². The van der Waals surface area contributed by atoms with Crippen LogP contribution in [0.5, 0.6) is 0 Å². The summed E-state index contributed by atoms with van der Waals surface area (Å²) in [7, 11) is 1.76. The van der Waals surface area contributed by atoms with Gasteiger partial charge in [0.05, 0.1) is 23.2 Å². The zero-order chi connectivity index (χ0) is 16.9. The summed E-state index contributed by atoms with van der Waals surface area (Å²) in [6, 6.07) is 14.7. The molecule has 0 radical (unpaired) electrons. The number of aryl methyl sites for hydroxylation is 1. The van der Waals surface area contributed by atoms with E-state index < -0.39 is 0 Å². The van der Waals surface area contributed by atoms with Crippen LogP contribution in [0.2, 0.25) is 0 Å². The molecule has 0 amide bonds. The Balaban J connectivity index is 1.60. The lowest BCUT2D eigenvalue weighted by molar-refractivity contribution is 0.0497. The summed E-state index contributed by atoms with van der Waals surface area (Å²) in [6.45, 7) is 0.743. The van der Waals surface area contributed by atoms with Gasteiger partial charge in [-0.3, -0.25) is 4.57 Å². The Labute approximate surface area is 139 Å². The molecule has 24 heavy (non-hydrogen) atoms. The van der Waals surface area contributed by atoms with Gasteiger partial charge in [0, 0.05) is 19.3 Å². The van der Waals surface area contributed by atoms with E-state index in [0.717, 1.165) is 16.7 Å². The van der Waals surface area contributed by atoms with Gasteiger partial charge in [-0.05, 0) is 30.7 Å². The lowest BCUT2D eigenvalue weighted by atomic mass is 10.2. The number of benzene rings is 2. The molecule has 0 saturated carbocycles. The molecule has 0 aliphatic heterocycles. The first-order chi connectivity index (χ1) is 11.7. The molecule has 2 aromatic carbocycles. The third-order valence-corrected chi connectivity index (χ3v) is 3.86. The van der Waals surface area contributed by atoms with Crippen molar-refractivity contribution in [2.24, 2.45) is 0 Å². The highest BCUT2D eigenvalue weighted by molar-refractivity contribution is 5.95. The van der Waals surface area contributed by atoms with E-state index in [0.29, 0.717) is 18.5 Å². The molecule has 1 heterocycles. The number of hydrogen-bond acceptors (Lipinski definition) is 4. The lowest BCUT2D eigenvalue weighted by Crippen LogP contribution is -2.18. The van der Waals surface area contributed by atoms with Crippen molar-refractivity contribution in [3.05, 3.63) is 64.6 Å². The predicted molar refractivity (Wildman–Crippen MR) is 93.4 cm³/mol. The second-order valence-electron chi connectivity index (χ2n) is 5.38. The summed E-state index contributed by atoms with van der Waals surface area (Å²) < 4.78 is 6.97. The van der Waals surface area contributed by atoms with Crippen LogP contribution in [0.15, 0.2) is 53.3 Å². The highest BCUT2D eigenvalue weighted by Crippen LogP contribution is 2.15. The van der Waals surface area contributed by atoms with Gasteiger partial charge in [-0.25, -0.2) is 9.59 Å². The quantitative estimate of drug-likeness (QED) is 0.539. The van der Waals surface area contributed by atoms with E-state index in [1.54, 1.807) is 23.7 Å². The minimum atomic E-state index is -0.369. The number of carbonyl (C=O) groups excluding carboxylic acids is 1. The number of para-hydroxylation sites is 3. The number of fused-ring (bicyclic) bond motifs is 1. The largest absolute Gasteiger partial charge is 0.462 e. The maximum atomic E-state index is 12.1. The van der Waals surface area contributed by atoms with Gasteiger partial charge < -0.3 is 15.0 Å². The molecule has 0 spiro atoms. The standard InChI is InChI=1S/C18H19N3O3/c1-19-14-8-3-2-7-13(14)17(22)24-12-6-11-21-16-10-5-4-9-15(16)20-18(21)23/h2-5,7-10,19H,6,11-12H2,1H3,(H,20,23). The van der Waals surface area contributed by atoms with Crippen LogP contribution in [0.25, 0.3) is 11.0 Å². The Morgan fingerprint density at radius 1 is 1.17 bits per heavy atom. The summed E-state index contributed by atoms with van der Waals surface area (Å²) in [5, 5.41) is 2.97. The Morgan fingerprint density at radius 2 is 1.92 bits per heavy atom. The highest BCUT2D eigenvalue weighted by Gasteiger charge is 2.11. The van der Waals surface area contributed by atoms with Gasteiger partial charge in [-0.1, -0.05) is 24.3 Å². The molecule has 0 bridgehead atoms. The average Bonchev–Trinajstić information content (AvgIpc) is 2.93. The smallest absolute Gasteiger partial charge is 0.340 e. The molecular formula is C18H19N3O3. The first-order valence-corrected chi connectivity index (χ1v) is 7.82. The molecule has 0 atom stereocenters. The molecule has 124 valence electrons. The van der Waals surface area contributed by atoms with Crippen LogP contribution in [0.1, 0.15) is 16.8 Å². The second kappa shape index (κ2) is 7.04. The number of nitrogens with one attached hydrogen (secondary N) is 2. The van der Waals surface area contributed by atoms with Crippen molar-refractivity contribution in [3.63, 3.8) is 0 Å². The van der Waals surface area contributed by atoms with Crippen molar-refractivity contribution in [1.82, 2.24) is 9.55 Å². The molecule has 0 saturated heterocycles. The average molecular weight is 325 g/mol. The van der Waals surface area contributed by atoms with Crippen molar-refractivity contribution in [2.75, 3.05) is 19.0 Å². The topological polar surface area (TPSA) is 76.1 Å². The van der Waals surface area contributed by atoms with Gasteiger partial charge in [0.15, 0.2) is 0 Å². The van der Waals surface area contributed by atoms with E-state index in [4.69, 9.17) is 4.74 Å². The summed E-state index contributed by atoms with van der Waals surface area (Å²) in [6.07, 6.45) is 0.565. The van der Waals surface area contributed by atoms with E-state index in [1.807, 2.05) is 36.4 Å². The number of carbonyl (C=O) groups is 1. The summed E-state index contributed by atoms with van der Waals surface area (Å²) in [5.74, 6) is -0.369. The molecule has 1 aromatic heterocycles. The maximum Gasteiger partial charge on any atom is 0.340 e. The fourth-order valence-electron chi connectivity index (χ4n) is 2.67. The molecule has 2 N–H and O–H groups in total. The van der Waals surface area contributed by atoms with Crippen LogP contribution >= 0.6 is 0 Å². The van der Waals surface area contributed by atoms with Crippen molar-refractivity contribution in [3.8, 4) is 0 Å². The number of aromatic amines is 1. The minimum absolute atomic E-state index is 0.150. The Kier molecular flexibility index (Phi) is 4.65. The van der Waals surface area contributed by atoms with Crippen LogP contribution in [0, 0.1) is 0 Å². The summed E-state index contributed by atoms with van der Waals surface area (Å²) in [5.41, 5.74) is 2.75. The maximum absolute atomic E-state index is 12.1. The molecule has 6 heteroatoms. The van der Waals surface area contributed by atoms with E-state index in [9.17, 15) is 9.59 Å². The zero-order valence-corrected chi connectivity index (χ0v) is 13.4. The first-order valence-electron chi connectivity index (χ1n) is 7.82. The highest BCUT2D eigenvalue weighted by atomic mass is 16.5. The fourth-order valence-corrected chi connectivity index (χ4v) is 2.67. The number of rotatable bonds is 6. The van der Waals surface area contributed by atoms with Gasteiger partial charge in [0.2, 0.25) is 0 Å². The Bertz CT molecular complexity index is 911. The van der Waals surface area contributed by atoms with Crippen LogP contribution in [0.4, 0.5) is 5.69 Å². The third-order valence-electron chi connectivity index (χ3n) is 3.86. The molecule has 6 nitrogen and oxygen atoms in total. The molecule has 0 aliphatic rings. The van der Waals surface area contributed by atoms with Crippen molar-refractivity contribution in [1.29, 1.82) is 0 Å². The van der Waals surface area contributed by atoms with E-state index in [2.05, 4.69) is 10.3 Å². The minimum Gasteiger partial charge on any atom is -0.462 e. The predicted octanol–water partition coefficient (Wildman–Crippen LogP) is 2.62. The molecule has 3 aromatic rings. The zero-order valence-electron chi connectivity index (χ0n) is 13.4. The fraction of sp³-hybridized carbons (Fsp3) is 0.222. The molecule has 3 rings (SSSR count). The molecular weight excluding hydrogens is 306 g/mol. The van der Waals surface area contributed by atoms with Gasteiger partial charge in [-0.2, -0.15) is 0 Å². The van der Waals surface area contributed by atoms with Crippen LogP contribution in [-0.2, 0) is 11.3 Å². The molecule has 0 aliphatic carbocycles. The van der Waals surface area contributed by atoms with E-state index in [-0.39, 0.29) is 18.3 Å². The van der Waals surface area contributed by atoms with Crippen molar-refractivity contribution < 1.29 is 9.53 Å². The number of hydrogen-bond donors (Lipinski definition) is 2. The summed E-state index contributed by atoms with van der Waals surface area (Å²) >= 11 is 0. The van der Waals surface area contributed by atoms with Crippen molar-refractivity contribution >= 4 is 22.7 Å². The number of ether oxygens (including phenoxy) is 1. The summed E-state index contributed by atoms with van der Waals surface area (Å²) in [4.78, 5) is 26.9. The number of H-pyrrole nitrogens is 1. The molecule has 0 fully saturated rings. The van der Waals surface area contributed by atoms with E-state index >= 15 is 0 Å². The first kappa shape index (κ1) is 15.9. The third kappa shape index (κ3) is 3.17. The van der Waals surface area contributed by atoms with Gasteiger partial charge in [0.25, 0.3) is 0 Å². The van der Waals surface area contributed by atoms with Gasteiger partial charge in [-0.15, -0.1) is 0 Å². The monoisotopic (exact) mass is 325 g/mol. The van der Waals surface area contributed by atoms with E-state index in [1.165, 1.54) is 0 Å². The number of esters is 1. The second-order valence-corrected chi connectivity index (χ2v) is 5.38. The Morgan fingerprint density at radius 3 is 2.75 bits per heavy atom. The van der Waals surface area contributed by atoms with Crippen LogP contribution < -0.4 is 11.0 Å². The SMILES string of the molecule is CNc1ccccc1C(=O)OCCCn1c(=O)[nH]c2ccccc21. The van der Waals surface area contributed by atoms with Crippen molar-refractivity contribution in [2.45, 2.75) is 13.0 Å². The normalized spacial score (nSPS) is 10.7. The number of anilines is 1. The van der Waals surface area contributed by atoms with Crippen LogP contribution in [0.3, 0.4) is 0 Å². The number of nitrogens with zero attached hydrogens (tertiary/aromatic N) is 1. The number of aromatic nitrogens is 2.